The van der Waals surface area contributed by atoms with Crippen molar-refractivity contribution >= 4 is 16.0 Å². The van der Waals surface area contributed by atoms with Crippen LogP contribution < -0.4 is 20.1 Å². The van der Waals surface area contributed by atoms with Crippen molar-refractivity contribution in [3.63, 3.8) is 0 Å². The van der Waals surface area contributed by atoms with Crippen LogP contribution in [0.5, 0.6) is 5.75 Å². The molecule has 8 heteroatoms. The van der Waals surface area contributed by atoms with E-state index in [1.54, 1.807) is 7.05 Å². The lowest BCUT2D eigenvalue weighted by atomic mass is 9.90. The molecule has 1 aliphatic heterocycles. The topological polar surface area (TPSA) is 91.8 Å². The molecule has 0 aliphatic carbocycles. The lowest BCUT2D eigenvalue weighted by molar-refractivity contribution is 0.0694. The summed E-state index contributed by atoms with van der Waals surface area (Å²) in [6.07, 6.45) is 1.94. The van der Waals surface area contributed by atoms with E-state index >= 15 is 0 Å². The van der Waals surface area contributed by atoms with E-state index in [9.17, 15) is 8.42 Å². The Morgan fingerprint density at radius 2 is 2.00 bits per heavy atom. The van der Waals surface area contributed by atoms with Gasteiger partial charge in [0.2, 0.25) is 10.0 Å². The zero-order chi connectivity index (χ0) is 19.6. The molecule has 1 heterocycles. The third kappa shape index (κ3) is 5.88. The van der Waals surface area contributed by atoms with E-state index in [0.717, 1.165) is 24.0 Å². The van der Waals surface area contributed by atoms with Crippen LogP contribution in [0.15, 0.2) is 29.3 Å². The van der Waals surface area contributed by atoms with Crippen LogP contribution in [0.1, 0.15) is 45.7 Å². The molecule has 1 aliphatic rings. The minimum absolute atomic E-state index is 0.0483. The van der Waals surface area contributed by atoms with Gasteiger partial charge >= 0.3 is 0 Å². The molecule has 26 heavy (non-hydrogen) atoms. The summed E-state index contributed by atoms with van der Waals surface area (Å²) in [5, 5.41) is 6.64. The van der Waals surface area contributed by atoms with Crippen molar-refractivity contribution in [2.24, 2.45) is 4.99 Å². The van der Waals surface area contributed by atoms with Crippen molar-refractivity contribution < 1.29 is 13.2 Å². The fourth-order valence-electron chi connectivity index (χ4n) is 3.13. The van der Waals surface area contributed by atoms with Gasteiger partial charge in [0.1, 0.15) is 11.4 Å². The van der Waals surface area contributed by atoms with Crippen LogP contribution >= 0.6 is 0 Å². The fourth-order valence-corrected chi connectivity index (χ4v) is 4.21. The highest BCUT2D eigenvalue weighted by Crippen LogP contribution is 2.39. The number of nitrogens with zero attached hydrogens (tertiary/aromatic N) is 1. The first kappa shape index (κ1) is 20.5. The number of nitrogens with one attached hydrogen (secondary N) is 3. The van der Waals surface area contributed by atoms with Gasteiger partial charge in [0, 0.05) is 31.1 Å². The van der Waals surface area contributed by atoms with E-state index in [1.165, 1.54) is 0 Å². The monoisotopic (exact) mass is 382 g/mol. The second-order valence-corrected chi connectivity index (χ2v) is 9.73. The van der Waals surface area contributed by atoms with Gasteiger partial charge in [-0.05, 0) is 33.8 Å². The SMILES string of the molecule is CN=C(NCC(C)(C)NS(C)(=O)=O)NC1CC(C)(C)Oc2ccccc21. The minimum atomic E-state index is -3.29. The Bertz CT molecular complexity index is 772. The standard InChI is InChI=1S/C18H30N4O3S/c1-17(2,22-26(6,23)24)12-20-16(19-5)21-14-11-18(3,4)25-15-10-8-7-9-13(14)15/h7-10,14,22H,11-12H2,1-6H3,(H2,19,20,21). The minimum Gasteiger partial charge on any atom is -0.487 e. The molecule has 3 N–H and O–H groups in total. The maximum Gasteiger partial charge on any atom is 0.209 e. The first-order valence-corrected chi connectivity index (χ1v) is 10.5. The predicted molar refractivity (Wildman–Crippen MR) is 105 cm³/mol. The molecule has 146 valence electrons. The Labute approximate surface area is 156 Å². The van der Waals surface area contributed by atoms with E-state index in [1.807, 2.05) is 38.1 Å². The first-order valence-electron chi connectivity index (χ1n) is 8.65. The molecule has 7 nitrogen and oxygen atoms in total. The molecule has 0 amide bonds. The van der Waals surface area contributed by atoms with Crippen molar-refractivity contribution in [1.82, 2.24) is 15.4 Å². The van der Waals surface area contributed by atoms with Gasteiger partial charge in [-0.1, -0.05) is 18.2 Å². The van der Waals surface area contributed by atoms with Crippen LogP contribution in [0.2, 0.25) is 0 Å². The number of aliphatic imine (C=N–C) groups is 1. The normalized spacial score (nSPS) is 20.1. The molecule has 0 radical (unpaired) electrons. The number of hydrogen-bond donors (Lipinski definition) is 3. The molecule has 1 aromatic carbocycles. The molecule has 0 aromatic heterocycles. The zero-order valence-corrected chi connectivity index (χ0v) is 17.2. The second kappa shape index (κ2) is 7.44. The summed E-state index contributed by atoms with van der Waals surface area (Å²) in [6, 6.07) is 8.02. The number of sulfonamides is 1. The van der Waals surface area contributed by atoms with E-state index in [2.05, 4.69) is 34.2 Å². The van der Waals surface area contributed by atoms with Crippen LogP contribution in [0.25, 0.3) is 0 Å². The Morgan fingerprint density at radius 1 is 1.35 bits per heavy atom. The third-order valence-corrected chi connectivity index (χ3v) is 4.99. The molecule has 0 fully saturated rings. The lowest BCUT2D eigenvalue weighted by Gasteiger charge is -2.38. The number of guanidine groups is 1. The van der Waals surface area contributed by atoms with Crippen LogP contribution in [0.3, 0.4) is 0 Å². The van der Waals surface area contributed by atoms with Gasteiger partial charge in [-0.25, -0.2) is 13.1 Å². The van der Waals surface area contributed by atoms with E-state index in [-0.39, 0.29) is 11.6 Å². The summed E-state index contributed by atoms with van der Waals surface area (Å²) < 4.78 is 31.6. The highest BCUT2D eigenvalue weighted by molar-refractivity contribution is 7.88. The fraction of sp³-hybridized carbons (Fsp3) is 0.611. The van der Waals surface area contributed by atoms with Gasteiger partial charge in [-0.2, -0.15) is 0 Å². The average molecular weight is 383 g/mol. The summed E-state index contributed by atoms with van der Waals surface area (Å²) in [5.41, 5.74) is 0.156. The van der Waals surface area contributed by atoms with Gasteiger partial charge in [-0.3, -0.25) is 4.99 Å². The van der Waals surface area contributed by atoms with Crippen LogP contribution in [0.4, 0.5) is 0 Å². The first-order chi connectivity index (χ1) is 11.9. The van der Waals surface area contributed by atoms with Crippen LogP contribution in [-0.4, -0.2) is 45.4 Å². The summed E-state index contributed by atoms with van der Waals surface area (Å²) in [6.45, 7) is 8.16. The molecule has 0 saturated heterocycles. The smallest absolute Gasteiger partial charge is 0.209 e. The van der Waals surface area contributed by atoms with Gasteiger partial charge in [0.25, 0.3) is 0 Å². The number of fused-ring (bicyclic) bond motifs is 1. The number of benzene rings is 1. The summed E-state index contributed by atoms with van der Waals surface area (Å²) in [4.78, 5) is 4.28. The Balaban J connectivity index is 2.09. The van der Waals surface area contributed by atoms with Gasteiger partial charge in [-0.15, -0.1) is 0 Å². The maximum atomic E-state index is 11.5. The molecule has 0 spiro atoms. The zero-order valence-electron chi connectivity index (χ0n) is 16.4. The lowest BCUT2D eigenvalue weighted by Crippen LogP contribution is -2.53. The highest BCUT2D eigenvalue weighted by atomic mass is 32.2. The van der Waals surface area contributed by atoms with Crippen LogP contribution in [-0.2, 0) is 10.0 Å². The number of para-hydroxylation sites is 1. The summed E-state index contributed by atoms with van der Waals surface area (Å²) in [7, 11) is -1.59. The van der Waals surface area contributed by atoms with E-state index < -0.39 is 15.6 Å². The van der Waals surface area contributed by atoms with Gasteiger partial charge in [0.15, 0.2) is 5.96 Å². The molecule has 2 rings (SSSR count). The third-order valence-electron chi connectivity index (χ3n) is 4.07. The van der Waals surface area contributed by atoms with Gasteiger partial charge < -0.3 is 15.4 Å². The van der Waals surface area contributed by atoms with Crippen molar-refractivity contribution in [2.45, 2.75) is 51.3 Å². The molecule has 0 bridgehead atoms. The van der Waals surface area contributed by atoms with Crippen molar-refractivity contribution in [3.05, 3.63) is 29.8 Å². The Morgan fingerprint density at radius 3 is 2.62 bits per heavy atom. The van der Waals surface area contributed by atoms with Crippen LogP contribution in [0, 0.1) is 0 Å². The predicted octanol–water partition coefficient (Wildman–Crippen LogP) is 1.78. The Hall–Kier alpha value is -1.80. The van der Waals surface area contributed by atoms with Gasteiger partial charge in [0.05, 0.1) is 12.3 Å². The summed E-state index contributed by atoms with van der Waals surface area (Å²) in [5.74, 6) is 1.49. The maximum absolute atomic E-state index is 11.5. The van der Waals surface area contributed by atoms with E-state index in [0.29, 0.717) is 12.5 Å². The largest absolute Gasteiger partial charge is 0.487 e. The molecular formula is C18H30N4O3S. The van der Waals surface area contributed by atoms with Crippen molar-refractivity contribution in [2.75, 3.05) is 19.8 Å². The number of ether oxygens (including phenoxy) is 1. The van der Waals surface area contributed by atoms with Crippen molar-refractivity contribution in [3.8, 4) is 5.75 Å². The molecule has 1 aromatic rings. The quantitative estimate of drug-likeness (QED) is 0.533. The number of rotatable bonds is 5. The van der Waals surface area contributed by atoms with Crippen molar-refractivity contribution in [1.29, 1.82) is 0 Å². The molecule has 0 saturated carbocycles. The molecule has 1 unspecified atom stereocenters. The molecule has 1 atom stereocenters. The highest BCUT2D eigenvalue weighted by Gasteiger charge is 2.34. The second-order valence-electron chi connectivity index (χ2n) is 7.98. The Kier molecular flexibility index (Phi) is 5.87. The number of hydrogen-bond acceptors (Lipinski definition) is 4. The summed E-state index contributed by atoms with van der Waals surface area (Å²) >= 11 is 0. The van der Waals surface area contributed by atoms with E-state index in [4.69, 9.17) is 4.74 Å². The average Bonchev–Trinajstić information content (AvgIpc) is 2.47. The molecular weight excluding hydrogens is 352 g/mol.